The Hall–Kier alpha value is -2.62. The largest absolute Gasteiger partial charge is 0.504 e. The quantitative estimate of drug-likeness (QED) is 0.358. The zero-order chi connectivity index (χ0) is 22.7. The molecule has 2 aromatic rings. The van der Waals surface area contributed by atoms with Gasteiger partial charge >= 0.3 is 12.1 Å². The van der Waals surface area contributed by atoms with Gasteiger partial charge in [-0.1, -0.05) is 19.6 Å². The lowest BCUT2D eigenvalue weighted by molar-refractivity contribution is -0.150. The monoisotopic (exact) mass is 445 g/mol. The molecule has 30 heavy (non-hydrogen) atoms. The number of carbonyl (C=O) groups is 1. The fraction of sp³-hybridized carbons (Fsp3) is 0.400. The number of ether oxygens (including phenoxy) is 2. The molecular weight excluding hydrogens is 422 g/mol. The number of pyridine rings is 1. The molecule has 164 valence electrons. The maximum atomic E-state index is 14.1. The number of carbonyl (C=O) groups excluding carboxylic acids is 1. The summed E-state index contributed by atoms with van der Waals surface area (Å²) < 4.78 is 62.6. The normalized spacial score (nSPS) is 13.1. The molecule has 0 radical (unpaired) electrons. The lowest BCUT2D eigenvalue weighted by Crippen LogP contribution is -2.29. The molecule has 0 aliphatic rings. The van der Waals surface area contributed by atoms with Crippen LogP contribution in [0.3, 0.4) is 0 Å². The van der Waals surface area contributed by atoms with Crippen molar-refractivity contribution in [3.05, 3.63) is 41.8 Å². The highest BCUT2D eigenvalue weighted by molar-refractivity contribution is 6.76. The van der Waals surface area contributed by atoms with Crippen LogP contribution in [0.15, 0.2) is 30.5 Å². The number of rotatable bonds is 7. The summed E-state index contributed by atoms with van der Waals surface area (Å²) in [5, 5.41) is 10.1. The van der Waals surface area contributed by atoms with E-state index in [1.807, 2.05) is 0 Å². The number of phenols is 1. The predicted molar refractivity (Wildman–Crippen MR) is 105 cm³/mol. The number of esters is 1. The Morgan fingerprint density at radius 3 is 2.43 bits per heavy atom. The van der Waals surface area contributed by atoms with Crippen molar-refractivity contribution in [1.82, 2.24) is 4.98 Å². The Kier molecular flexibility index (Phi) is 7.12. The minimum absolute atomic E-state index is 0.0523. The van der Waals surface area contributed by atoms with Crippen molar-refractivity contribution in [3.63, 3.8) is 0 Å². The van der Waals surface area contributed by atoms with E-state index in [-0.39, 0.29) is 23.6 Å². The topological polar surface area (TPSA) is 68.7 Å². The average Bonchev–Trinajstić information content (AvgIpc) is 2.61. The standard InChI is InChI=1S/C20H23F4NO4Si/c1-12(19(27)28-7-8-30(2,3)4)29-17-6-5-13(9-16(17)26)18-15(21)10-14(11-25-18)20(22,23)24/h5-6,9-12,26H,7-8H2,1-4H3/t12-/m1/s1. The molecule has 0 amide bonds. The number of phenolic OH excluding ortho intramolecular Hbond substituents is 1. The first kappa shape index (κ1) is 23.7. The molecule has 0 saturated heterocycles. The molecule has 2 rings (SSSR count). The van der Waals surface area contributed by atoms with Crippen LogP contribution in [0, 0.1) is 5.82 Å². The Bertz CT molecular complexity index is 913. The zero-order valence-electron chi connectivity index (χ0n) is 17.0. The van der Waals surface area contributed by atoms with E-state index in [4.69, 9.17) is 9.47 Å². The van der Waals surface area contributed by atoms with Crippen LogP contribution in [0.2, 0.25) is 25.7 Å². The molecule has 5 nitrogen and oxygen atoms in total. The molecule has 0 saturated carbocycles. The van der Waals surface area contributed by atoms with Gasteiger partial charge < -0.3 is 14.6 Å². The number of aromatic hydroxyl groups is 1. The van der Waals surface area contributed by atoms with Crippen LogP contribution in [-0.4, -0.2) is 36.8 Å². The summed E-state index contributed by atoms with van der Waals surface area (Å²) in [5.74, 6) is -2.25. The van der Waals surface area contributed by atoms with Crippen molar-refractivity contribution < 1.29 is 36.9 Å². The van der Waals surface area contributed by atoms with E-state index < -0.39 is 43.5 Å². The maximum absolute atomic E-state index is 14.1. The molecule has 10 heteroatoms. The molecule has 1 N–H and O–H groups in total. The van der Waals surface area contributed by atoms with Gasteiger partial charge in [0.2, 0.25) is 0 Å². The van der Waals surface area contributed by atoms with Crippen molar-refractivity contribution in [1.29, 1.82) is 0 Å². The number of alkyl halides is 3. The van der Waals surface area contributed by atoms with Gasteiger partial charge in [0.05, 0.1) is 12.2 Å². The summed E-state index contributed by atoms with van der Waals surface area (Å²) in [6, 6.07) is 4.82. The number of nitrogens with zero attached hydrogens (tertiary/aromatic N) is 1. The fourth-order valence-corrected chi connectivity index (χ4v) is 3.10. The third-order valence-electron chi connectivity index (χ3n) is 4.13. The molecular formula is C20H23F4NO4Si. The number of hydrogen-bond acceptors (Lipinski definition) is 5. The highest BCUT2D eigenvalue weighted by Gasteiger charge is 2.32. The van der Waals surface area contributed by atoms with Crippen molar-refractivity contribution in [3.8, 4) is 22.8 Å². The first-order valence-corrected chi connectivity index (χ1v) is 12.9. The van der Waals surface area contributed by atoms with E-state index in [1.54, 1.807) is 0 Å². The summed E-state index contributed by atoms with van der Waals surface area (Å²) in [5.41, 5.74) is -1.52. The third-order valence-corrected chi connectivity index (χ3v) is 5.84. The molecule has 0 aliphatic heterocycles. The molecule has 0 aliphatic carbocycles. The van der Waals surface area contributed by atoms with E-state index in [2.05, 4.69) is 24.6 Å². The summed E-state index contributed by atoms with van der Waals surface area (Å²) in [6.45, 7) is 8.19. The van der Waals surface area contributed by atoms with Gasteiger partial charge in [-0.05, 0) is 37.2 Å². The maximum Gasteiger partial charge on any atom is 0.417 e. The van der Waals surface area contributed by atoms with E-state index in [9.17, 15) is 27.5 Å². The first-order chi connectivity index (χ1) is 13.8. The summed E-state index contributed by atoms with van der Waals surface area (Å²) in [4.78, 5) is 15.5. The van der Waals surface area contributed by atoms with Gasteiger partial charge in [0.15, 0.2) is 17.6 Å². The Morgan fingerprint density at radius 2 is 1.90 bits per heavy atom. The number of benzene rings is 1. The second-order valence-electron chi connectivity index (χ2n) is 7.97. The highest BCUT2D eigenvalue weighted by atomic mass is 28.3. The molecule has 0 spiro atoms. The molecule has 0 unspecified atom stereocenters. The van der Waals surface area contributed by atoms with Crippen molar-refractivity contribution in [2.75, 3.05) is 6.61 Å². The first-order valence-electron chi connectivity index (χ1n) is 9.17. The molecule has 0 fully saturated rings. The van der Waals surface area contributed by atoms with E-state index >= 15 is 0 Å². The summed E-state index contributed by atoms with van der Waals surface area (Å²) in [7, 11) is -1.36. The van der Waals surface area contributed by atoms with E-state index in [0.29, 0.717) is 12.3 Å². The SMILES string of the molecule is C[C@@H](Oc1ccc(-c2ncc(C(F)(F)F)cc2F)cc1O)C(=O)OCC[Si](C)(C)C. The zero-order valence-corrected chi connectivity index (χ0v) is 18.0. The van der Waals surface area contributed by atoms with Crippen LogP contribution >= 0.6 is 0 Å². The second kappa shape index (κ2) is 9.03. The number of hydrogen-bond donors (Lipinski definition) is 1. The van der Waals surface area contributed by atoms with Gasteiger partial charge in [0, 0.05) is 19.8 Å². The minimum Gasteiger partial charge on any atom is -0.504 e. The van der Waals surface area contributed by atoms with Gasteiger partial charge in [0.1, 0.15) is 11.5 Å². The minimum atomic E-state index is -4.72. The molecule has 1 heterocycles. The lowest BCUT2D eigenvalue weighted by atomic mass is 10.1. The lowest BCUT2D eigenvalue weighted by Gasteiger charge is -2.18. The fourth-order valence-electron chi connectivity index (χ4n) is 2.38. The number of halogens is 4. The van der Waals surface area contributed by atoms with Crippen LogP contribution < -0.4 is 4.74 Å². The van der Waals surface area contributed by atoms with Gasteiger partial charge in [-0.2, -0.15) is 13.2 Å². The van der Waals surface area contributed by atoms with Crippen LogP contribution in [0.5, 0.6) is 11.5 Å². The van der Waals surface area contributed by atoms with Gasteiger partial charge in [-0.3, -0.25) is 4.98 Å². The smallest absolute Gasteiger partial charge is 0.417 e. The number of aromatic nitrogens is 1. The van der Waals surface area contributed by atoms with Crippen LogP contribution in [0.1, 0.15) is 12.5 Å². The average molecular weight is 445 g/mol. The Morgan fingerprint density at radius 1 is 1.23 bits per heavy atom. The van der Waals surface area contributed by atoms with E-state index in [1.165, 1.54) is 19.1 Å². The van der Waals surface area contributed by atoms with Crippen LogP contribution in [0.25, 0.3) is 11.3 Å². The van der Waals surface area contributed by atoms with E-state index in [0.717, 1.165) is 12.1 Å². The van der Waals surface area contributed by atoms with Crippen molar-refractivity contribution in [2.45, 2.75) is 44.9 Å². The molecule has 1 aromatic carbocycles. The third kappa shape index (κ3) is 6.44. The Labute approximate surface area is 172 Å². The van der Waals surface area contributed by atoms with Crippen molar-refractivity contribution in [2.24, 2.45) is 0 Å². The highest BCUT2D eigenvalue weighted by Crippen LogP contribution is 2.35. The van der Waals surface area contributed by atoms with Crippen LogP contribution in [0.4, 0.5) is 17.6 Å². The summed E-state index contributed by atoms with van der Waals surface area (Å²) >= 11 is 0. The van der Waals surface area contributed by atoms with Gasteiger partial charge in [-0.15, -0.1) is 0 Å². The van der Waals surface area contributed by atoms with Gasteiger partial charge in [0.25, 0.3) is 0 Å². The van der Waals surface area contributed by atoms with Gasteiger partial charge in [-0.25, -0.2) is 9.18 Å². The molecule has 0 bridgehead atoms. The summed E-state index contributed by atoms with van der Waals surface area (Å²) in [6.07, 6.45) is -5.20. The van der Waals surface area contributed by atoms with Crippen molar-refractivity contribution >= 4 is 14.0 Å². The molecule has 1 atom stereocenters. The van der Waals surface area contributed by atoms with Crippen LogP contribution in [-0.2, 0) is 15.7 Å². The second-order valence-corrected chi connectivity index (χ2v) is 13.6. The predicted octanol–water partition coefficient (Wildman–Crippen LogP) is 5.26. The molecule has 1 aromatic heterocycles. The Balaban J connectivity index is 2.09.